The number of thiazole rings is 1. The summed E-state index contributed by atoms with van der Waals surface area (Å²) in [4.78, 5) is 29.3. The van der Waals surface area contributed by atoms with Gasteiger partial charge in [-0.1, -0.05) is 41.9 Å². The molecule has 6 nitrogen and oxygen atoms in total. The Balaban J connectivity index is 1.66. The smallest absolute Gasteiger partial charge is 0.281 e. The van der Waals surface area contributed by atoms with Gasteiger partial charge in [-0.05, 0) is 30.7 Å². The van der Waals surface area contributed by atoms with E-state index >= 15 is 0 Å². The minimum Gasteiger partial charge on any atom is -0.507 e. The van der Waals surface area contributed by atoms with Gasteiger partial charge in [-0.15, -0.1) is 11.3 Å². The number of carbonyl (C=O) groups excluding carboxylic acids is 2. The number of aryl methyl sites for hydroxylation is 1. The molecule has 0 aliphatic carbocycles. The quantitative estimate of drug-likeness (QED) is 0.584. The lowest BCUT2D eigenvalue weighted by atomic mass is 10.2. The zero-order valence-corrected chi connectivity index (χ0v) is 15.9. The lowest BCUT2D eigenvalue weighted by Crippen LogP contribution is -2.41. The van der Waals surface area contributed by atoms with Crippen LogP contribution in [0.3, 0.4) is 0 Å². The summed E-state index contributed by atoms with van der Waals surface area (Å²) in [6.07, 6.45) is 0.627. The van der Waals surface area contributed by atoms with Gasteiger partial charge < -0.3 is 5.11 Å². The molecule has 0 saturated carbocycles. The Bertz CT molecular complexity index is 989. The van der Waals surface area contributed by atoms with Crippen LogP contribution in [0.4, 0.5) is 0 Å². The van der Waals surface area contributed by atoms with Crippen LogP contribution in [0.2, 0.25) is 5.02 Å². The summed E-state index contributed by atoms with van der Waals surface area (Å²) in [5.74, 6) is -1.38. The molecule has 2 aromatic carbocycles. The first-order chi connectivity index (χ1) is 12.9. The van der Waals surface area contributed by atoms with E-state index in [0.29, 0.717) is 22.0 Å². The summed E-state index contributed by atoms with van der Waals surface area (Å²) >= 11 is 7.10. The predicted octanol–water partition coefficient (Wildman–Crippen LogP) is 3.48. The lowest BCUT2D eigenvalue weighted by Gasteiger charge is -2.08. The number of hydrogen-bond acceptors (Lipinski definition) is 5. The van der Waals surface area contributed by atoms with Crippen molar-refractivity contribution in [1.29, 1.82) is 0 Å². The zero-order valence-electron chi connectivity index (χ0n) is 14.3. The SMILES string of the molecule is Cc1nc(Cc2ccccc2)sc1C(=O)NNC(=O)c1cc(Cl)ccc1O. The maximum absolute atomic E-state index is 12.4. The van der Waals surface area contributed by atoms with Crippen molar-refractivity contribution >= 4 is 34.8 Å². The van der Waals surface area contributed by atoms with Crippen molar-refractivity contribution in [2.45, 2.75) is 13.3 Å². The molecule has 0 saturated heterocycles. The van der Waals surface area contributed by atoms with Gasteiger partial charge >= 0.3 is 0 Å². The van der Waals surface area contributed by atoms with Crippen LogP contribution < -0.4 is 10.9 Å². The van der Waals surface area contributed by atoms with E-state index in [4.69, 9.17) is 11.6 Å². The number of rotatable bonds is 4. The number of phenolic OH excluding ortho intramolecular Hbond substituents is 1. The van der Waals surface area contributed by atoms with E-state index in [1.807, 2.05) is 30.3 Å². The number of benzene rings is 2. The van der Waals surface area contributed by atoms with Crippen molar-refractivity contribution in [2.24, 2.45) is 0 Å². The van der Waals surface area contributed by atoms with Crippen molar-refractivity contribution < 1.29 is 14.7 Å². The van der Waals surface area contributed by atoms with E-state index in [0.717, 1.165) is 10.6 Å². The van der Waals surface area contributed by atoms with Gasteiger partial charge in [0.25, 0.3) is 11.8 Å². The molecule has 1 aromatic heterocycles. The molecule has 0 unspecified atom stereocenters. The number of amides is 2. The van der Waals surface area contributed by atoms with E-state index in [-0.39, 0.29) is 11.3 Å². The monoisotopic (exact) mass is 401 g/mol. The number of hydrogen-bond donors (Lipinski definition) is 3. The lowest BCUT2D eigenvalue weighted by molar-refractivity contribution is 0.0846. The predicted molar refractivity (Wildman–Crippen MR) is 104 cm³/mol. The topological polar surface area (TPSA) is 91.3 Å². The van der Waals surface area contributed by atoms with Gasteiger partial charge in [-0.25, -0.2) is 4.98 Å². The third-order valence-electron chi connectivity index (χ3n) is 3.74. The molecule has 8 heteroatoms. The Morgan fingerprint density at radius 3 is 2.56 bits per heavy atom. The van der Waals surface area contributed by atoms with Gasteiger partial charge in [-0.2, -0.15) is 0 Å². The molecular weight excluding hydrogens is 386 g/mol. The number of phenols is 1. The molecule has 0 fully saturated rings. The summed E-state index contributed by atoms with van der Waals surface area (Å²) in [5.41, 5.74) is 6.27. The summed E-state index contributed by atoms with van der Waals surface area (Å²) in [6, 6.07) is 13.9. The summed E-state index contributed by atoms with van der Waals surface area (Å²) < 4.78 is 0. The highest BCUT2D eigenvalue weighted by atomic mass is 35.5. The van der Waals surface area contributed by atoms with Crippen molar-refractivity contribution in [3.05, 3.63) is 80.3 Å². The van der Waals surface area contributed by atoms with Crippen LogP contribution in [-0.4, -0.2) is 21.9 Å². The highest BCUT2D eigenvalue weighted by molar-refractivity contribution is 7.13. The van der Waals surface area contributed by atoms with Crippen LogP contribution in [0, 0.1) is 6.92 Å². The Labute approximate surface area is 164 Å². The van der Waals surface area contributed by atoms with E-state index in [1.165, 1.54) is 29.5 Å². The van der Waals surface area contributed by atoms with Crippen molar-refractivity contribution in [1.82, 2.24) is 15.8 Å². The molecule has 27 heavy (non-hydrogen) atoms. The van der Waals surface area contributed by atoms with Gasteiger partial charge in [0.2, 0.25) is 0 Å². The number of carbonyl (C=O) groups is 2. The average molecular weight is 402 g/mol. The Hall–Kier alpha value is -2.90. The third kappa shape index (κ3) is 4.64. The Kier molecular flexibility index (Phi) is 5.73. The van der Waals surface area contributed by atoms with Crippen molar-refractivity contribution in [3.63, 3.8) is 0 Å². The highest BCUT2D eigenvalue weighted by Crippen LogP contribution is 2.22. The maximum Gasteiger partial charge on any atom is 0.281 e. The van der Waals surface area contributed by atoms with Crippen LogP contribution >= 0.6 is 22.9 Å². The standard InChI is InChI=1S/C19H16ClN3O3S/c1-11-17(27-16(21-11)9-12-5-3-2-4-6-12)19(26)23-22-18(25)14-10-13(20)7-8-15(14)24/h2-8,10,24H,9H2,1H3,(H,22,25)(H,23,26). The van der Waals surface area contributed by atoms with E-state index in [1.54, 1.807) is 6.92 Å². The van der Waals surface area contributed by atoms with Crippen molar-refractivity contribution in [2.75, 3.05) is 0 Å². The molecule has 0 spiro atoms. The van der Waals surface area contributed by atoms with Gasteiger partial charge in [0.05, 0.1) is 16.3 Å². The minimum absolute atomic E-state index is 0.0337. The molecule has 138 valence electrons. The number of aromatic nitrogens is 1. The Morgan fingerprint density at radius 2 is 1.81 bits per heavy atom. The zero-order chi connectivity index (χ0) is 19.4. The molecule has 0 atom stereocenters. The number of nitrogens with zero attached hydrogens (tertiary/aromatic N) is 1. The Morgan fingerprint density at radius 1 is 1.11 bits per heavy atom. The number of aromatic hydroxyl groups is 1. The first kappa shape index (κ1) is 18.9. The summed E-state index contributed by atoms with van der Waals surface area (Å²) in [7, 11) is 0. The second-order valence-electron chi connectivity index (χ2n) is 5.75. The normalized spacial score (nSPS) is 10.4. The van der Waals surface area contributed by atoms with E-state index < -0.39 is 11.8 Å². The van der Waals surface area contributed by atoms with Crippen LogP contribution in [-0.2, 0) is 6.42 Å². The first-order valence-electron chi connectivity index (χ1n) is 8.03. The molecule has 3 N–H and O–H groups in total. The molecule has 0 aliphatic heterocycles. The van der Waals surface area contributed by atoms with Crippen LogP contribution in [0.5, 0.6) is 5.75 Å². The van der Waals surface area contributed by atoms with Crippen LogP contribution in [0.1, 0.15) is 36.3 Å². The fourth-order valence-electron chi connectivity index (χ4n) is 2.44. The number of nitrogens with one attached hydrogen (secondary N) is 2. The first-order valence-corrected chi connectivity index (χ1v) is 9.23. The maximum atomic E-state index is 12.4. The molecule has 0 aliphatic rings. The molecular formula is C19H16ClN3O3S. The van der Waals surface area contributed by atoms with Gasteiger partial charge in [-0.3, -0.25) is 20.4 Å². The molecule has 2 amide bonds. The fourth-order valence-corrected chi connectivity index (χ4v) is 3.60. The van der Waals surface area contributed by atoms with Gasteiger partial charge in [0.1, 0.15) is 10.6 Å². The number of halogens is 1. The second kappa shape index (κ2) is 8.20. The van der Waals surface area contributed by atoms with E-state index in [9.17, 15) is 14.7 Å². The van der Waals surface area contributed by atoms with Gasteiger partial charge in [0, 0.05) is 11.4 Å². The second-order valence-corrected chi connectivity index (χ2v) is 7.27. The van der Waals surface area contributed by atoms with Crippen LogP contribution in [0.25, 0.3) is 0 Å². The molecule has 0 radical (unpaired) electrons. The van der Waals surface area contributed by atoms with Crippen molar-refractivity contribution in [3.8, 4) is 5.75 Å². The summed E-state index contributed by atoms with van der Waals surface area (Å²) in [6.45, 7) is 1.74. The van der Waals surface area contributed by atoms with E-state index in [2.05, 4.69) is 15.8 Å². The fraction of sp³-hybridized carbons (Fsp3) is 0.105. The van der Waals surface area contributed by atoms with Crippen LogP contribution in [0.15, 0.2) is 48.5 Å². The molecule has 3 aromatic rings. The molecule has 1 heterocycles. The third-order valence-corrected chi connectivity index (χ3v) is 5.13. The number of hydrazine groups is 1. The minimum atomic E-state index is -0.671. The van der Waals surface area contributed by atoms with Gasteiger partial charge in [0.15, 0.2) is 0 Å². The molecule has 3 rings (SSSR count). The highest BCUT2D eigenvalue weighted by Gasteiger charge is 2.17. The summed E-state index contributed by atoms with van der Waals surface area (Å²) in [5, 5.41) is 10.8. The molecule has 0 bridgehead atoms. The largest absolute Gasteiger partial charge is 0.507 e. The average Bonchev–Trinajstić information content (AvgIpc) is 3.02.